The van der Waals surface area contributed by atoms with Gasteiger partial charge in [0.15, 0.2) is 5.82 Å². The Morgan fingerprint density at radius 1 is 1.33 bits per heavy atom. The largest absolute Gasteiger partial charge is 0.485 e. The van der Waals surface area contributed by atoms with E-state index in [0.717, 1.165) is 30.8 Å². The van der Waals surface area contributed by atoms with Crippen LogP contribution in [0.25, 0.3) is 5.69 Å². The Bertz CT molecular complexity index is 969. The van der Waals surface area contributed by atoms with E-state index < -0.39 is 0 Å². The second kappa shape index (κ2) is 6.45. The normalized spacial score (nSPS) is 23.9. The number of rotatable bonds is 5. The molecular formula is C19H20FN5O2. The fourth-order valence-corrected chi connectivity index (χ4v) is 3.99. The molecule has 0 amide bonds. The lowest BCUT2D eigenvalue weighted by molar-refractivity contribution is 0.0997. The molecule has 2 aliphatic heterocycles. The SMILES string of the molecule is Cn1cc(-n2nc(COc3cccc(F)c3)nc2[C@H]2C[C@@H]3CC[C@H]2O3)cn1. The second-order valence-electron chi connectivity index (χ2n) is 7.13. The zero-order chi connectivity index (χ0) is 18.4. The summed E-state index contributed by atoms with van der Waals surface area (Å²) in [5.41, 5.74) is 0.861. The van der Waals surface area contributed by atoms with Crippen molar-refractivity contribution in [3.05, 3.63) is 54.1 Å². The Kier molecular flexibility index (Phi) is 3.93. The van der Waals surface area contributed by atoms with Crippen molar-refractivity contribution in [2.75, 3.05) is 0 Å². The van der Waals surface area contributed by atoms with Crippen LogP contribution in [0.3, 0.4) is 0 Å². The van der Waals surface area contributed by atoms with Crippen molar-refractivity contribution in [2.45, 2.75) is 44.0 Å². The van der Waals surface area contributed by atoms with Crippen LogP contribution in [-0.4, -0.2) is 36.8 Å². The molecule has 1 aromatic carbocycles. The molecule has 2 aliphatic rings. The van der Waals surface area contributed by atoms with Crippen molar-refractivity contribution in [3.63, 3.8) is 0 Å². The highest BCUT2D eigenvalue weighted by Gasteiger charge is 2.44. The van der Waals surface area contributed by atoms with Crippen LogP contribution in [0.15, 0.2) is 36.7 Å². The molecule has 4 heterocycles. The fraction of sp³-hybridized carbons (Fsp3) is 0.421. The van der Waals surface area contributed by atoms with Crippen molar-refractivity contribution < 1.29 is 13.9 Å². The van der Waals surface area contributed by atoms with E-state index >= 15 is 0 Å². The van der Waals surface area contributed by atoms with Crippen molar-refractivity contribution in [1.29, 1.82) is 0 Å². The van der Waals surface area contributed by atoms with Crippen LogP contribution in [0, 0.1) is 5.82 Å². The summed E-state index contributed by atoms with van der Waals surface area (Å²) in [4.78, 5) is 4.75. The maximum atomic E-state index is 13.3. The van der Waals surface area contributed by atoms with Crippen LogP contribution < -0.4 is 4.74 Å². The highest BCUT2D eigenvalue weighted by Crippen LogP contribution is 2.44. The summed E-state index contributed by atoms with van der Waals surface area (Å²) in [6, 6.07) is 6.06. The van der Waals surface area contributed by atoms with Gasteiger partial charge in [0.05, 0.1) is 24.6 Å². The van der Waals surface area contributed by atoms with Crippen molar-refractivity contribution in [1.82, 2.24) is 24.5 Å². The van der Waals surface area contributed by atoms with E-state index in [9.17, 15) is 4.39 Å². The van der Waals surface area contributed by atoms with Crippen LogP contribution in [0.2, 0.25) is 0 Å². The summed E-state index contributed by atoms with van der Waals surface area (Å²) < 4.78 is 28.6. The molecule has 2 aromatic heterocycles. The monoisotopic (exact) mass is 369 g/mol. The maximum absolute atomic E-state index is 13.3. The Labute approximate surface area is 155 Å². The molecule has 0 N–H and O–H groups in total. The molecule has 2 bridgehead atoms. The molecule has 2 fully saturated rings. The summed E-state index contributed by atoms with van der Waals surface area (Å²) in [7, 11) is 1.87. The van der Waals surface area contributed by atoms with E-state index in [-0.39, 0.29) is 24.4 Å². The third kappa shape index (κ3) is 3.10. The van der Waals surface area contributed by atoms with Gasteiger partial charge in [0.1, 0.15) is 29.7 Å². The van der Waals surface area contributed by atoms with E-state index in [4.69, 9.17) is 14.5 Å². The van der Waals surface area contributed by atoms with Crippen molar-refractivity contribution >= 4 is 0 Å². The molecule has 0 unspecified atom stereocenters. The van der Waals surface area contributed by atoms with Crippen molar-refractivity contribution in [3.8, 4) is 11.4 Å². The van der Waals surface area contributed by atoms with Crippen LogP contribution in [0.5, 0.6) is 5.75 Å². The number of ether oxygens (including phenoxy) is 2. The lowest BCUT2D eigenvalue weighted by Crippen LogP contribution is -2.18. The first-order chi connectivity index (χ1) is 13.2. The summed E-state index contributed by atoms with van der Waals surface area (Å²) in [6.07, 6.45) is 7.35. The van der Waals surface area contributed by atoms with E-state index in [2.05, 4.69) is 10.2 Å². The van der Waals surface area contributed by atoms with Gasteiger partial charge in [-0.3, -0.25) is 4.68 Å². The molecule has 0 spiro atoms. The van der Waals surface area contributed by atoms with Gasteiger partial charge in [0.25, 0.3) is 0 Å². The average Bonchev–Trinajstić information content (AvgIpc) is 3.43. The minimum atomic E-state index is -0.332. The molecule has 140 valence electrons. The predicted octanol–water partition coefficient (Wildman–Crippen LogP) is 2.75. The van der Waals surface area contributed by atoms with Crippen LogP contribution >= 0.6 is 0 Å². The average molecular weight is 369 g/mol. The third-order valence-electron chi connectivity index (χ3n) is 5.21. The number of fused-ring (bicyclic) bond motifs is 2. The lowest BCUT2D eigenvalue weighted by Gasteiger charge is -2.17. The standard InChI is InChI=1S/C19H20FN5O2/c1-24-10-13(9-21-24)25-19(16-8-15-5-6-17(16)27-15)22-18(23-25)11-26-14-4-2-3-12(20)7-14/h2-4,7,9-10,15-17H,5-6,8,11H2,1H3/t15-,16-,17+/m0/s1. The minimum Gasteiger partial charge on any atom is -0.485 e. The Morgan fingerprint density at radius 3 is 2.96 bits per heavy atom. The minimum absolute atomic E-state index is 0.172. The van der Waals surface area contributed by atoms with Gasteiger partial charge in [-0.1, -0.05) is 6.07 Å². The first-order valence-electron chi connectivity index (χ1n) is 9.14. The molecule has 8 heteroatoms. The van der Waals surface area contributed by atoms with Gasteiger partial charge >= 0.3 is 0 Å². The number of hydrogen-bond acceptors (Lipinski definition) is 5. The first-order valence-corrected chi connectivity index (χ1v) is 9.14. The number of hydrogen-bond donors (Lipinski definition) is 0. The molecule has 3 atom stereocenters. The smallest absolute Gasteiger partial charge is 0.188 e. The van der Waals surface area contributed by atoms with Gasteiger partial charge < -0.3 is 9.47 Å². The second-order valence-corrected chi connectivity index (χ2v) is 7.13. The quantitative estimate of drug-likeness (QED) is 0.692. The van der Waals surface area contributed by atoms with Gasteiger partial charge in [0, 0.05) is 19.0 Å². The van der Waals surface area contributed by atoms with Gasteiger partial charge in [-0.05, 0) is 31.4 Å². The van der Waals surface area contributed by atoms with E-state index in [0.29, 0.717) is 17.7 Å². The Balaban J connectivity index is 1.44. The van der Waals surface area contributed by atoms with Crippen molar-refractivity contribution in [2.24, 2.45) is 7.05 Å². The fourth-order valence-electron chi connectivity index (χ4n) is 3.99. The Morgan fingerprint density at radius 2 is 2.26 bits per heavy atom. The molecule has 0 radical (unpaired) electrons. The van der Waals surface area contributed by atoms with E-state index in [1.807, 2.05) is 17.9 Å². The molecule has 5 rings (SSSR count). The lowest BCUT2D eigenvalue weighted by atomic mass is 9.88. The molecule has 3 aromatic rings. The summed E-state index contributed by atoms with van der Waals surface area (Å²) >= 11 is 0. The molecule has 2 saturated heterocycles. The highest BCUT2D eigenvalue weighted by molar-refractivity contribution is 5.28. The van der Waals surface area contributed by atoms with Crippen LogP contribution in [-0.2, 0) is 18.4 Å². The highest BCUT2D eigenvalue weighted by atomic mass is 19.1. The van der Waals surface area contributed by atoms with Gasteiger partial charge in [-0.15, -0.1) is 5.10 Å². The zero-order valence-corrected chi connectivity index (χ0v) is 15.0. The number of nitrogens with zero attached hydrogens (tertiary/aromatic N) is 5. The molecule has 27 heavy (non-hydrogen) atoms. The van der Waals surface area contributed by atoms with Gasteiger partial charge in [-0.25, -0.2) is 14.1 Å². The van der Waals surface area contributed by atoms with E-state index in [1.165, 1.54) is 12.1 Å². The number of benzene rings is 1. The number of halogens is 1. The number of aryl methyl sites for hydroxylation is 1. The summed E-state index contributed by atoms with van der Waals surface area (Å²) in [6.45, 7) is 0.172. The maximum Gasteiger partial charge on any atom is 0.188 e. The summed E-state index contributed by atoms with van der Waals surface area (Å²) in [5, 5.41) is 8.88. The zero-order valence-electron chi connectivity index (χ0n) is 15.0. The van der Waals surface area contributed by atoms with Crippen LogP contribution in [0.4, 0.5) is 4.39 Å². The summed E-state index contributed by atoms with van der Waals surface area (Å²) in [5.74, 6) is 1.78. The first kappa shape index (κ1) is 16.4. The predicted molar refractivity (Wildman–Crippen MR) is 94.1 cm³/mol. The van der Waals surface area contributed by atoms with Gasteiger partial charge in [-0.2, -0.15) is 5.10 Å². The topological polar surface area (TPSA) is 67.0 Å². The van der Waals surface area contributed by atoms with Gasteiger partial charge in [0.2, 0.25) is 0 Å². The molecule has 0 aliphatic carbocycles. The van der Waals surface area contributed by atoms with Crippen LogP contribution in [0.1, 0.15) is 36.8 Å². The Hall–Kier alpha value is -2.74. The molecular weight excluding hydrogens is 349 g/mol. The molecule has 0 saturated carbocycles. The third-order valence-corrected chi connectivity index (χ3v) is 5.21. The molecule has 7 nitrogen and oxygen atoms in total. The number of aromatic nitrogens is 5. The van der Waals surface area contributed by atoms with E-state index in [1.54, 1.807) is 23.0 Å².